The molecule has 128 valence electrons. The zero-order valence-electron chi connectivity index (χ0n) is 14.5. The Hall–Kier alpha value is -1.15. The number of hydrogen-bond donors (Lipinski definition) is 1. The number of unbranched alkanes of at least 4 members (excludes halogenated alkanes) is 13. The van der Waals surface area contributed by atoms with E-state index in [1.807, 2.05) is 0 Å². The molecule has 0 spiro atoms. The number of nitrogens with zero attached hydrogens (tertiary/aromatic N) is 2. The molecule has 0 saturated carbocycles. The van der Waals surface area contributed by atoms with Crippen LogP contribution < -0.4 is 5.32 Å². The van der Waals surface area contributed by atoms with Crippen molar-refractivity contribution < 1.29 is 9.58 Å². The Bertz CT molecular complexity index is 299. The molecule has 0 aliphatic heterocycles. The van der Waals surface area contributed by atoms with Gasteiger partial charge in [-0.2, -0.15) is 4.79 Å². The minimum Gasteiger partial charge on any atom is -0.361 e. The van der Waals surface area contributed by atoms with E-state index in [0.29, 0.717) is 6.54 Å². The van der Waals surface area contributed by atoms with Crippen LogP contribution in [0.5, 0.6) is 0 Å². The van der Waals surface area contributed by atoms with Crippen LogP contribution in [0, 0.1) is 0 Å². The first-order valence-electron chi connectivity index (χ1n) is 9.26. The number of hydrogen-bond acceptors (Lipinski definition) is 1. The van der Waals surface area contributed by atoms with Crippen LogP contribution in [0.1, 0.15) is 96.8 Å². The lowest BCUT2D eigenvalue weighted by Gasteiger charge is -2.03. The fourth-order valence-electron chi connectivity index (χ4n) is 2.63. The van der Waals surface area contributed by atoms with E-state index in [-0.39, 0.29) is 5.91 Å². The Morgan fingerprint density at radius 1 is 0.818 bits per heavy atom. The van der Waals surface area contributed by atoms with Gasteiger partial charge in [-0.25, -0.2) is 0 Å². The summed E-state index contributed by atoms with van der Waals surface area (Å²) >= 11 is 0. The molecule has 0 aromatic rings. The molecule has 0 fully saturated rings. The van der Waals surface area contributed by atoms with Gasteiger partial charge in [-0.1, -0.05) is 90.4 Å². The van der Waals surface area contributed by atoms with Crippen LogP contribution in [-0.4, -0.2) is 23.5 Å². The van der Waals surface area contributed by atoms with E-state index in [9.17, 15) is 4.79 Å². The van der Waals surface area contributed by atoms with Gasteiger partial charge in [0.05, 0.1) is 0 Å². The van der Waals surface area contributed by atoms with Crippen molar-refractivity contribution in [2.24, 2.45) is 0 Å². The standard InChI is InChI=1S/C18H35N3O/c1-2-3-4-5-6-7-8-9-10-11-12-13-14-15-16-20-18(22)17-21-19/h17H,2-16H2,1H3,(H,20,22). The third kappa shape index (κ3) is 16.9. The first-order valence-corrected chi connectivity index (χ1v) is 9.26. The summed E-state index contributed by atoms with van der Waals surface area (Å²) in [7, 11) is 0. The Morgan fingerprint density at radius 3 is 1.64 bits per heavy atom. The summed E-state index contributed by atoms with van der Waals surface area (Å²) < 4.78 is 0. The Labute approximate surface area is 136 Å². The normalized spacial score (nSPS) is 10.2. The molecule has 0 atom stereocenters. The molecule has 0 heterocycles. The number of carbonyl (C=O) groups excluding carboxylic acids is 1. The first-order chi connectivity index (χ1) is 10.8. The predicted octanol–water partition coefficient (Wildman–Crippen LogP) is 4.88. The summed E-state index contributed by atoms with van der Waals surface area (Å²) in [4.78, 5) is 13.6. The minimum absolute atomic E-state index is 0.322. The molecule has 0 unspecified atom stereocenters. The van der Waals surface area contributed by atoms with Crippen LogP contribution in [0.25, 0.3) is 5.53 Å². The van der Waals surface area contributed by atoms with E-state index in [2.05, 4.69) is 17.0 Å². The largest absolute Gasteiger partial charge is 0.361 e. The van der Waals surface area contributed by atoms with Gasteiger partial charge in [-0.3, -0.25) is 4.79 Å². The third-order valence-corrected chi connectivity index (χ3v) is 4.00. The molecule has 4 heteroatoms. The molecule has 0 radical (unpaired) electrons. The Kier molecular flexibility index (Phi) is 17.0. The monoisotopic (exact) mass is 309 g/mol. The fraction of sp³-hybridized carbons (Fsp3) is 0.889. The molecule has 0 aromatic carbocycles. The molecular weight excluding hydrogens is 274 g/mol. The second kappa shape index (κ2) is 17.9. The summed E-state index contributed by atoms with van der Waals surface area (Å²) in [6.07, 6.45) is 19.6. The van der Waals surface area contributed by atoms with Crippen molar-refractivity contribution in [3.63, 3.8) is 0 Å². The molecule has 1 amide bonds. The number of amides is 1. The second-order valence-electron chi connectivity index (χ2n) is 6.13. The van der Waals surface area contributed by atoms with Crippen molar-refractivity contribution in [2.45, 2.75) is 96.8 Å². The minimum atomic E-state index is -0.322. The van der Waals surface area contributed by atoms with Gasteiger partial charge in [0.2, 0.25) is 0 Å². The second-order valence-corrected chi connectivity index (χ2v) is 6.13. The zero-order chi connectivity index (χ0) is 16.3. The van der Waals surface area contributed by atoms with Gasteiger partial charge in [0.15, 0.2) is 0 Å². The summed E-state index contributed by atoms with van der Waals surface area (Å²) in [5.41, 5.74) is 8.17. The Balaban J connectivity index is 3.05. The van der Waals surface area contributed by atoms with Crippen molar-refractivity contribution in [2.75, 3.05) is 6.54 Å². The summed E-state index contributed by atoms with van der Waals surface area (Å²) in [5.74, 6) is -0.322. The van der Waals surface area contributed by atoms with Crippen molar-refractivity contribution in [3.8, 4) is 0 Å². The topological polar surface area (TPSA) is 65.5 Å². The first kappa shape index (κ1) is 20.9. The van der Waals surface area contributed by atoms with Crippen LogP contribution in [0.3, 0.4) is 0 Å². The molecule has 4 nitrogen and oxygen atoms in total. The fourth-order valence-corrected chi connectivity index (χ4v) is 2.63. The maximum Gasteiger partial charge on any atom is 0.344 e. The van der Waals surface area contributed by atoms with E-state index < -0.39 is 0 Å². The van der Waals surface area contributed by atoms with Gasteiger partial charge < -0.3 is 10.8 Å². The maximum atomic E-state index is 11.0. The molecule has 0 saturated heterocycles. The molecule has 0 aliphatic rings. The van der Waals surface area contributed by atoms with Crippen LogP contribution in [0.4, 0.5) is 0 Å². The van der Waals surface area contributed by atoms with Crippen LogP contribution in [-0.2, 0) is 4.79 Å². The molecular formula is C18H35N3O. The molecule has 1 N–H and O–H groups in total. The molecule has 22 heavy (non-hydrogen) atoms. The van der Waals surface area contributed by atoms with Gasteiger partial charge in [-0.15, -0.1) is 0 Å². The molecule has 0 rings (SSSR count). The van der Waals surface area contributed by atoms with Crippen molar-refractivity contribution in [3.05, 3.63) is 5.53 Å². The quantitative estimate of drug-likeness (QED) is 0.188. The zero-order valence-corrected chi connectivity index (χ0v) is 14.5. The third-order valence-electron chi connectivity index (χ3n) is 4.00. The van der Waals surface area contributed by atoms with E-state index >= 15 is 0 Å². The van der Waals surface area contributed by atoms with Crippen LogP contribution in [0.2, 0.25) is 0 Å². The molecule has 0 aliphatic carbocycles. The maximum absolute atomic E-state index is 11.0. The predicted molar refractivity (Wildman–Crippen MR) is 93.0 cm³/mol. The van der Waals surface area contributed by atoms with E-state index in [4.69, 9.17) is 5.53 Å². The van der Waals surface area contributed by atoms with Gasteiger partial charge in [0.1, 0.15) is 0 Å². The summed E-state index contributed by atoms with van der Waals surface area (Å²) in [5, 5.41) is 2.68. The molecule has 0 aromatic heterocycles. The number of rotatable bonds is 16. The van der Waals surface area contributed by atoms with E-state index in [1.165, 1.54) is 77.0 Å². The highest BCUT2D eigenvalue weighted by molar-refractivity contribution is 6.23. The van der Waals surface area contributed by atoms with Crippen LogP contribution >= 0.6 is 0 Å². The van der Waals surface area contributed by atoms with E-state index in [1.54, 1.807) is 0 Å². The highest BCUT2D eigenvalue weighted by Gasteiger charge is 1.99. The lowest BCUT2D eigenvalue weighted by Crippen LogP contribution is -2.25. The van der Waals surface area contributed by atoms with Gasteiger partial charge in [0, 0.05) is 6.54 Å². The van der Waals surface area contributed by atoms with Gasteiger partial charge >= 0.3 is 12.1 Å². The van der Waals surface area contributed by atoms with Crippen LogP contribution in [0.15, 0.2) is 0 Å². The lowest BCUT2D eigenvalue weighted by molar-refractivity contribution is -0.117. The lowest BCUT2D eigenvalue weighted by atomic mass is 10.0. The average Bonchev–Trinajstić information content (AvgIpc) is 2.51. The average molecular weight is 309 g/mol. The summed E-state index contributed by atoms with van der Waals surface area (Å²) in [6.45, 7) is 2.94. The van der Waals surface area contributed by atoms with Crippen molar-refractivity contribution >= 4 is 12.1 Å². The smallest absolute Gasteiger partial charge is 0.344 e. The van der Waals surface area contributed by atoms with E-state index in [0.717, 1.165) is 19.1 Å². The van der Waals surface area contributed by atoms with Gasteiger partial charge in [-0.05, 0) is 6.42 Å². The van der Waals surface area contributed by atoms with Gasteiger partial charge in [0.25, 0.3) is 0 Å². The van der Waals surface area contributed by atoms with Crippen molar-refractivity contribution in [1.82, 2.24) is 5.32 Å². The Morgan fingerprint density at radius 2 is 1.23 bits per heavy atom. The summed E-state index contributed by atoms with van der Waals surface area (Å²) in [6, 6.07) is 0. The SMILES string of the molecule is CCCCCCCCCCCCCCCCNC(=O)C=[N+]=[N-]. The number of nitrogens with one attached hydrogen (secondary N) is 1. The molecule has 0 bridgehead atoms. The highest BCUT2D eigenvalue weighted by Crippen LogP contribution is 2.12. The van der Waals surface area contributed by atoms with Crippen molar-refractivity contribution in [1.29, 1.82) is 0 Å². The number of carbonyl (C=O) groups is 1. The highest BCUT2D eigenvalue weighted by atomic mass is 16.1.